The molecule has 2 aromatic rings. The Morgan fingerprint density at radius 1 is 1.36 bits per heavy atom. The van der Waals surface area contributed by atoms with E-state index in [2.05, 4.69) is 22.0 Å². The molecule has 115 valence electrons. The molecule has 0 aliphatic rings. The van der Waals surface area contributed by atoms with Crippen molar-refractivity contribution in [2.45, 2.75) is 20.4 Å². The largest absolute Gasteiger partial charge is 0.468 e. The van der Waals surface area contributed by atoms with E-state index in [1.165, 1.54) is 0 Å². The summed E-state index contributed by atoms with van der Waals surface area (Å²) < 4.78 is 12.8. The Bertz CT molecular complexity index is 700. The fourth-order valence-corrected chi connectivity index (χ4v) is 2.61. The first-order valence-corrected chi connectivity index (χ1v) is 7.41. The summed E-state index contributed by atoms with van der Waals surface area (Å²) in [6.07, 6.45) is 0. The number of hydrogen-bond donors (Lipinski definition) is 0. The van der Waals surface area contributed by atoms with Gasteiger partial charge in [0.1, 0.15) is 5.75 Å². The zero-order valence-corrected chi connectivity index (χ0v) is 17.3. The summed E-state index contributed by atoms with van der Waals surface area (Å²) in [4.78, 5) is 12.2. The van der Waals surface area contributed by atoms with Crippen LogP contribution in [0.5, 0.6) is 5.75 Å². The minimum absolute atomic E-state index is 0. The van der Waals surface area contributed by atoms with Gasteiger partial charge in [-0.1, -0.05) is 39.7 Å². The number of nitrogens with zero attached hydrogens (tertiary/aromatic N) is 1. The molecule has 0 bridgehead atoms. The molecule has 0 unspecified atom stereocenters. The van der Waals surface area contributed by atoms with Gasteiger partial charge in [-0.2, -0.15) is 12.1 Å². The zero-order chi connectivity index (χ0) is 15.4. The molecule has 2 rings (SSSR count). The SMILES string of the molecule is CCn1c(-c2ccc(OCOC)cc2Br)[c-]cc(C)c1=O.[Y]. The molecule has 0 saturated heterocycles. The van der Waals surface area contributed by atoms with Crippen molar-refractivity contribution >= 4 is 15.9 Å². The normalized spacial score (nSPS) is 10.2. The van der Waals surface area contributed by atoms with E-state index in [9.17, 15) is 4.79 Å². The number of rotatable bonds is 5. The Labute approximate surface area is 163 Å². The van der Waals surface area contributed by atoms with Gasteiger partial charge in [0.25, 0.3) is 0 Å². The van der Waals surface area contributed by atoms with Crippen molar-refractivity contribution in [3.05, 3.63) is 50.7 Å². The molecule has 4 nitrogen and oxygen atoms in total. The fraction of sp³-hybridized carbons (Fsp3) is 0.312. The zero-order valence-electron chi connectivity index (χ0n) is 12.9. The summed E-state index contributed by atoms with van der Waals surface area (Å²) in [6, 6.07) is 10.5. The molecule has 0 aliphatic carbocycles. The molecule has 1 radical (unpaired) electrons. The third kappa shape index (κ3) is 4.28. The van der Waals surface area contributed by atoms with Crippen LogP contribution in [-0.4, -0.2) is 18.5 Å². The molecule has 0 fully saturated rings. The number of aromatic nitrogens is 1. The maximum Gasteiger partial charge on any atom is 0.197 e. The molecule has 0 saturated carbocycles. The van der Waals surface area contributed by atoms with E-state index in [1.54, 1.807) is 24.7 Å². The van der Waals surface area contributed by atoms with Gasteiger partial charge < -0.3 is 14.0 Å². The van der Waals surface area contributed by atoms with Gasteiger partial charge in [0.05, 0.1) is 0 Å². The summed E-state index contributed by atoms with van der Waals surface area (Å²) in [5.41, 5.74) is 2.37. The summed E-state index contributed by atoms with van der Waals surface area (Å²) >= 11 is 3.53. The minimum atomic E-state index is 0. The average Bonchev–Trinajstić information content (AvgIpc) is 2.48. The van der Waals surface area contributed by atoms with Crippen molar-refractivity contribution in [3.8, 4) is 17.0 Å². The quantitative estimate of drug-likeness (QED) is 0.529. The first-order chi connectivity index (χ1) is 10.1. The van der Waals surface area contributed by atoms with Gasteiger partial charge in [0.15, 0.2) is 12.4 Å². The number of halogens is 1. The Hall–Kier alpha value is -0.486. The smallest absolute Gasteiger partial charge is 0.197 e. The second-order valence-corrected chi connectivity index (χ2v) is 5.42. The molecule has 0 amide bonds. The number of hydrogen-bond acceptors (Lipinski definition) is 3. The molecular formula is C16H17BrNO3Y-. The van der Waals surface area contributed by atoms with Crippen LogP contribution in [0, 0.1) is 13.0 Å². The fourth-order valence-electron chi connectivity index (χ4n) is 2.06. The molecule has 0 aliphatic heterocycles. The number of pyridine rings is 1. The van der Waals surface area contributed by atoms with Crippen LogP contribution in [-0.2, 0) is 44.0 Å². The molecular weight excluding hydrogens is 423 g/mol. The van der Waals surface area contributed by atoms with Gasteiger partial charge in [-0.05, 0) is 23.5 Å². The molecule has 0 atom stereocenters. The monoisotopic (exact) mass is 439 g/mol. The first kappa shape index (κ1) is 19.6. The molecule has 1 aromatic carbocycles. The average molecular weight is 440 g/mol. The maximum atomic E-state index is 12.2. The predicted molar refractivity (Wildman–Crippen MR) is 85.6 cm³/mol. The van der Waals surface area contributed by atoms with Crippen LogP contribution >= 0.6 is 15.9 Å². The Balaban J connectivity index is 0.00000242. The molecule has 22 heavy (non-hydrogen) atoms. The third-order valence-corrected chi connectivity index (χ3v) is 3.79. The van der Waals surface area contributed by atoms with Gasteiger partial charge >= 0.3 is 0 Å². The number of benzene rings is 1. The Morgan fingerprint density at radius 2 is 2.09 bits per heavy atom. The van der Waals surface area contributed by atoms with E-state index < -0.39 is 0 Å². The van der Waals surface area contributed by atoms with Crippen molar-refractivity contribution in [1.29, 1.82) is 0 Å². The summed E-state index contributed by atoms with van der Waals surface area (Å²) in [5, 5.41) is 0. The number of ether oxygens (including phenoxy) is 2. The van der Waals surface area contributed by atoms with E-state index >= 15 is 0 Å². The topological polar surface area (TPSA) is 40.5 Å². The van der Waals surface area contributed by atoms with Crippen LogP contribution in [0.1, 0.15) is 12.5 Å². The van der Waals surface area contributed by atoms with Crippen LogP contribution in [0.4, 0.5) is 0 Å². The van der Waals surface area contributed by atoms with Crippen LogP contribution < -0.4 is 10.3 Å². The van der Waals surface area contributed by atoms with Crippen molar-refractivity contribution in [2.75, 3.05) is 13.9 Å². The van der Waals surface area contributed by atoms with E-state index in [4.69, 9.17) is 9.47 Å². The summed E-state index contributed by atoms with van der Waals surface area (Å²) in [7, 11) is 1.57. The first-order valence-electron chi connectivity index (χ1n) is 6.62. The molecule has 6 heteroatoms. The van der Waals surface area contributed by atoms with Crippen molar-refractivity contribution < 1.29 is 42.2 Å². The van der Waals surface area contributed by atoms with Crippen LogP contribution in [0.25, 0.3) is 11.3 Å². The van der Waals surface area contributed by atoms with E-state index in [1.807, 2.05) is 25.1 Å². The second-order valence-electron chi connectivity index (χ2n) is 4.56. The van der Waals surface area contributed by atoms with Gasteiger partial charge in [0.2, 0.25) is 0 Å². The van der Waals surface area contributed by atoms with Crippen molar-refractivity contribution in [3.63, 3.8) is 0 Å². The second kappa shape index (κ2) is 8.97. The van der Waals surface area contributed by atoms with Crippen LogP contribution in [0.3, 0.4) is 0 Å². The molecule has 1 heterocycles. The van der Waals surface area contributed by atoms with E-state index in [0.717, 1.165) is 15.7 Å². The predicted octanol–water partition coefficient (Wildman–Crippen LogP) is 3.39. The maximum absolute atomic E-state index is 12.2. The summed E-state index contributed by atoms with van der Waals surface area (Å²) in [6.45, 7) is 4.54. The van der Waals surface area contributed by atoms with Crippen molar-refractivity contribution in [1.82, 2.24) is 4.57 Å². The van der Waals surface area contributed by atoms with Gasteiger partial charge in [-0.15, -0.1) is 6.07 Å². The van der Waals surface area contributed by atoms with Crippen LogP contribution in [0.15, 0.2) is 33.5 Å². The summed E-state index contributed by atoms with van der Waals surface area (Å²) in [5.74, 6) is 0.699. The van der Waals surface area contributed by atoms with Crippen LogP contribution in [0.2, 0.25) is 0 Å². The van der Waals surface area contributed by atoms with E-state index in [-0.39, 0.29) is 45.1 Å². The van der Waals surface area contributed by atoms with Gasteiger partial charge in [-0.3, -0.25) is 4.79 Å². The number of aryl methyl sites for hydroxylation is 1. The molecule has 0 N–H and O–H groups in total. The van der Waals surface area contributed by atoms with Gasteiger partial charge in [0, 0.05) is 46.4 Å². The van der Waals surface area contributed by atoms with E-state index in [0.29, 0.717) is 17.9 Å². The standard InChI is InChI=1S/C16H17BrNO3.Y/c1-4-18-15(8-5-11(2)16(18)19)13-7-6-12(9-14(13)17)21-10-20-3;/h5-7,9H,4,10H2,1-3H3;/q-1;. The number of methoxy groups -OCH3 is 1. The molecule has 1 aromatic heterocycles. The van der Waals surface area contributed by atoms with Gasteiger partial charge in [-0.25, -0.2) is 0 Å². The Kier molecular flexibility index (Phi) is 7.97. The third-order valence-electron chi connectivity index (χ3n) is 3.13. The minimum Gasteiger partial charge on any atom is -0.468 e. The molecule has 0 spiro atoms. The Morgan fingerprint density at radius 3 is 2.68 bits per heavy atom. The van der Waals surface area contributed by atoms with Crippen molar-refractivity contribution in [2.24, 2.45) is 0 Å².